The van der Waals surface area contributed by atoms with Crippen LogP contribution >= 0.6 is 11.8 Å². The maximum atomic E-state index is 9.69. The van der Waals surface area contributed by atoms with Gasteiger partial charge in [0.25, 0.3) is 0 Å². The third-order valence-electron chi connectivity index (χ3n) is 2.34. The average Bonchev–Trinajstić information content (AvgIpc) is 2.30. The number of aliphatic hydroxyl groups is 1. The molecular formula is C11H19N3OS. The molecule has 0 radical (unpaired) electrons. The van der Waals surface area contributed by atoms with Crippen LogP contribution in [0.4, 0.5) is 0 Å². The van der Waals surface area contributed by atoms with Crippen molar-refractivity contribution in [2.75, 3.05) is 12.3 Å². The molecule has 5 heteroatoms. The van der Waals surface area contributed by atoms with Crippen molar-refractivity contribution < 1.29 is 5.11 Å². The number of unbranched alkanes of at least 4 members (excludes halogenated alkanes) is 1. The van der Waals surface area contributed by atoms with Gasteiger partial charge >= 0.3 is 0 Å². The Kier molecular flexibility index (Phi) is 5.73. The Hall–Kier alpha value is -0.650. The van der Waals surface area contributed by atoms with Crippen molar-refractivity contribution in [3.05, 3.63) is 18.6 Å². The lowest BCUT2D eigenvalue weighted by atomic mass is 10.00. The Labute approximate surface area is 101 Å². The topological polar surface area (TPSA) is 72.0 Å². The van der Waals surface area contributed by atoms with E-state index in [4.69, 9.17) is 5.73 Å². The van der Waals surface area contributed by atoms with Crippen LogP contribution in [0.15, 0.2) is 23.6 Å². The van der Waals surface area contributed by atoms with Gasteiger partial charge in [-0.05, 0) is 31.9 Å². The van der Waals surface area contributed by atoms with Gasteiger partial charge in [0, 0.05) is 18.9 Å². The molecule has 0 aliphatic heterocycles. The molecule has 0 fully saturated rings. The van der Waals surface area contributed by atoms with Gasteiger partial charge in [-0.15, -0.1) is 11.8 Å². The van der Waals surface area contributed by atoms with Gasteiger partial charge in [-0.2, -0.15) is 0 Å². The SMILES string of the molecule is CC(O)(CN)CCCCSc1cnccn1. The van der Waals surface area contributed by atoms with E-state index in [2.05, 4.69) is 9.97 Å². The first-order valence-corrected chi connectivity index (χ1v) is 6.44. The molecule has 4 nitrogen and oxygen atoms in total. The van der Waals surface area contributed by atoms with Gasteiger partial charge in [-0.25, -0.2) is 4.98 Å². The summed E-state index contributed by atoms with van der Waals surface area (Å²) in [6.07, 6.45) is 7.92. The van der Waals surface area contributed by atoms with Crippen LogP contribution in [0.5, 0.6) is 0 Å². The van der Waals surface area contributed by atoms with E-state index in [0.717, 1.165) is 30.0 Å². The zero-order valence-electron chi connectivity index (χ0n) is 9.59. The average molecular weight is 241 g/mol. The van der Waals surface area contributed by atoms with Crippen LogP contribution in [0.25, 0.3) is 0 Å². The minimum Gasteiger partial charge on any atom is -0.389 e. The summed E-state index contributed by atoms with van der Waals surface area (Å²) in [5.74, 6) is 0.999. The summed E-state index contributed by atoms with van der Waals surface area (Å²) < 4.78 is 0. The second kappa shape index (κ2) is 6.83. The maximum absolute atomic E-state index is 9.69. The van der Waals surface area contributed by atoms with E-state index < -0.39 is 5.60 Å². The zero-order chi connectivity index (χ0) is 11.9. The summed E-state index contributed by atoms with van der Waals surface area (Å²) in [5, 5.41) is 10.6. The molecule has 1 heterocycles. The van der Waals surface area contributed by atoms with Crippen molar-refractivity contribution in [1.82, 2.24) is 9.97 Å². The smallest absolute Gasteiger partial charge is 0.114 e. The molecule has 0 aromatic carbocycles. The van der Waals surface area contributed by atoms with Crippen LogP contribution in [0, 0.1) is 0 Å². The number of nitrogens with zero attached hydrogens (tertiary/aromatic N) is 2. The summed E-state index contributed by atoms with van der Waals surface area (Å²) in [6.45, 7) is 2.10. The number of aromatic nitrogens is 2. The number of nitrogens with two attached hydrogens (primary N) is 1. The third kappa shape index (κ3) is 5.44. The van der Waals surface area contributed by atoms with Crippen molar-refractivity contribution in [2.45, 2.75) is 36.8 Å². The van der Waals surface area contributed by atoms with Gasteiger partial charge in [0.15, 0.2) is 0 Å². The predicted octanol–water partition coefficient (Wildman–Crippen LogP) is 1.45. The summed E-state index contributed by atoms with van der Waals surface area (Å²) in [4.78, 5) is 8.17. The monoisotopic (exact) mass is 241 g/mol. The Morgan fingerprint density at radius 1 is 1.44 bits per heavy atom. The molecule has 0 aliphatic carbocycles. The summed E-state index contributed by atoms with van der Waals surface area (Å²) in [6, 6.07) is 0. The van der Waals surface area contributed by atoms with Crippen molar-refractivity contribution >= 4 is 11.8 Å². The Bertz CT molecular complexity index is 293. The van der Waals surface area contributed by atoms with E-state index in [1.165, 1.54) is 0 Å². The molecule has 90 valence electrons. The van der Waals surface area contributed by atoms with Crippen LogP contribution in [0.3, 0.4) is 0 Å². The van der Waals surface area contributed by atoms with Gasteiger partial charge in [0.05, 0.1) is 11.8 Å². The highest BCUT2D eigenvalue weighted by Crippen LogP contribution is 2.17. The Morgan fingerprint density at radius 2 is 2.25 bits per heavy atom. The van der Waals surface area contributed by atoms with E-state index in [1.807, 2.05) is 0 Å². The minimum absolute atomic E-state index is 0.324. The molecule has 3 N–H and O–H groups in total. The van der Waals surface area contributed by atoms with E-state index in [1.54, 1.807) is 37.3 Å². The molecule has 0 bridgehead atoms. The number of hydrogen-bond acceptors (Lipinski definition) is 5. The van der Waals surface area contributed by atoms with Gasteiger partial charge < -0.3 is 10.8 Å². The molecule has 0 spiro atoms. The van der Waals surface area contributed by atoms with Crippen molar-refractivity contribution in [3.63, 3.8) is 0 Å². The van der Waals surface area contributed by atoms with E-state index >= 15 is 0 Å². The predicted molar refractivity (Wildman–Crippen MR) is 66.3 cm³/mol. The van der Waals surface area contributed by atoms with Gasteiger partial charge in [0.1, 0.15) is 5.03 Å². The number of rotatable bonds is 7. The highest BCUT2D eigenvalue weighted by Gasteiger charge is 2.16. The van der Waals surface area contributed by atoms with Crippen LogP contribution in [0.2, 0.25) is 0 Å². The first-order chi connectivity index (χ1) is 7.64. The normalized spacial score (nSPS) is 14.7. The largest absolute Gasteiger partial charge is 0.389 e. The van der Waals surface area contributed by atoms with Gasteiger partial charge in [0.2, 0.25) is 0 Å². The van der Waals surface area contributed by atoms with Crippen LogP contribution in [-0.4, -0.2) is 33.0 Å². The van der Waals surface area contributed by atoms with Gasteiger partial charge in [-0.3, -0.25) is 4.98 Å². The lowest BCUT2D eigenvalue weighted by Crippen LogP contribution is -2.33. The number of thioether (sulfide) groups is 1. The highest BCUT2D eigenvalue weighted by molar-refractivity contribution is 7.99. The lowest BCUT2D eigenvalue weighted by Gasteiger charge is -2.20. The molecule has 1 unspecified atom stereocenters. The molecular weight excluding hydrogens is 222 g/mol. The van der Waals surface area contributed by atoms with E-state index in [-0.39, 0.29) is 0 Å². The molecule has 0 saturated carbocycles. The summed E-state index contributed by atoms with van der Waals surface area (Å²) in [5.41, 5.74) is 4.73. The summed E-state index contributed by atoms with van der Waals surface area (Å²) >= 11 is 1.69. The molecule has 0 saturated heterocycles. The molecule has 1 aromatic heterocycles. The first kappa shape index (κ1) is 13.4. The number of hydrogen-bond donors (Lipinski definition) is 2. The zero-order valence-corrected chi connectivity index (χ0v) is 10.4. The highest BCUT2D eigenvalue weighted by atomic mass is 32.2. The van der Waals surface area contributed by atoms with E-state index in [9.17, 15) is 5.11 Å². The Balaban J connectivity index is 2.09. The standard InChI is InChI=1S/C11H19N3OS/c1-11(15,9-12)4-2-3-7-16-10-8-13-5-6-14-10/h5-6,8,15H,2-4,7,9,12H2,1H3. The van der Waals surface area contributed by atoms with Gasteiger partial charge in [-0.1, -0.05) is 0 Å². The lowest BCUT2D eigenvalue weighted by molar-refractivity contribution is 0.0577. The quantitative estimate of drug-likeness (QED) is 0.558. The van der Waals surface area contributed by atoms with Crippen molar-refractivity contribution in [2.24, 2.45) is 5.73 Å². The molecule has 1 rings (SSSR count). The summed E-state index contributed by atoms with van der Waals surface area (Å²) in [7, 11) is 0. The second-order valence-electron chi connectivity index (χ2n) is 4.05. The Morgan fingerprint density at radius 3 is 2.88 bits per heavy atom. The van der Waals surface area contributed by atoms with Crippen molar-refractivity contribution in [1.29, 1.82) is 0 Å². The fourth-order valence-electron chi connectivity index (χ4n) is 1.25. The molecule has 1 atom stereocenters. The molecule has 0 amide bonds. The second-order valence-corrected chi connectivity index (χ2v) is 5.17. The minimum atomic E-state index is -0.711. The third-order valence-corrected chi connectivity index (χ3v) is 3.34. The molecule has 0 aliphatic rings. The molecule has 16 heavy (non-hydrogen) atoms. The molecule has 1 aromatic rings. The van der Waals surface area contributed by atoms with Crippen LogP contribution in [0.1, 0.15) is 26.2 Å². The first-order valence-electron chi connectivity index (χ1n) is 5.45. The van der Waals surface area contributed by atoms with E-state index in [0.29, 0.717) is 6.54 Å². The van der Waals surface area contributed by atoms with Crippen LogP contribution in [-0.2, 0) is 0 Å². The van der Waals surface area contributed by atoms with Crippen molar-refractivity contribution in [3.8, 4) is 0 Å². The fourth-order valence-corrected chi connectivity index (χ4v) is 2.08. The maximum Gasteiger partial charge on any atom is 0.114 e. The van der Waals surface area contributed by atoms with Crippen LogP contribution < -0.4 is 5.73 Å². The fraction of sp³-hybridized carbons (Fsp3) is 0.636.